The lowest BCUT2D eigenvalue weighted by Crippen LogP contribution is -2.02. The Morgan fingerprint density at radius 1 is 1.21 bits per heavy atom. The lowest BCUT2D eigenvalue weighted by Gasteiger charge is -2.09. The number of hydrogen-bond acceptors (Lipinski definition) is 4. The van der Waals surface area contributed by atoms with Gasteiger partial charge in [0.2, 0.25) is 0 Å². The summed E-state index contributed by atoms with van der Waals surface area (Å²) >= 11 is 0. The number of benzene rings is 2. The highest BCUT2D eigenvalue weighted by Crippen LogP contribution is 2.25. The van der Waals surface area contributed by atoms with Crippen LogP contribution in [0.2, 0.25) is 0 Å². The molecule has 0 aliphatic carbocycles. The molecule has 0 unspecified atom stereocenters. The van der Waals surface area contributed by atoms with Gasteiger partial charge in [0.1, 0.15) is 5.75 Å². The van der Waals surface area contributed by atoms with Crippen LogP contribution >= 0.6 is 0 Å². The molecule has 5 N–H and O–H groups in total. The maximum atomic E-state index is 10.7. The summed E-state index contributed by atoms with van der Waals surface area (Å²) in [5, 5.41) is 21.5. The topological polar surface area (TPSA) is 95.6 Å². The summed E-state index contributed by atoms with van der Waals surface area (Å²) < 4.78 is 0. The first-order chi connectivity index (χ1) is 9.06. The number of nitrogens with two attached hydrogens (primary N) is 1. The lowest BCUT2D eigenvalue weighted by molar-refractivity contribution is 0.0696. The van der Waals surface area contributed by atoms with Crippen LogP contribution in [0.5, 0.6) is 5.75 Å². The highest BCUT2D eigenvalue weighted by Gasteiger charge is 2.07. The van der Waals surface area contributed by atoms with Gasteiger partial charge < -0.3 is 21.3 Å². The Morgan fingerprint density at radius 2 is 2.00 bits per heavy atom. The molecule has 5 heteroatoms. The third kappa shape index (κ3) is 3.16. The Bertz CT molecular complexity index is 611. The quantitative estimate of drug-likeness (QED) is 0.498. The van der Waals surface area contributed by atoms with E-state index in [0.29, 0.717) is 17.9 Å². The van der Waals surface area contributed by atoms with Gasteiger partial charge in [0.25, 0.3) is 0 Å². The van der Waals surface area contributed by atoms with Crippen LogP contribution in [-0.4, -0.2) is 16.2 Å². The molecule has 0 aliphatic rings. The van der Waals surface area contributed by atoms with Gasteiger partial charge in [0.15, 0.2) is 0 Å². The molecule has 0 heterocycles. The maximum absolute atomic E-state index is 10.7. The highest BCUT2D eigenvalue weighted by atomic mass is 16.4. The van der Waals surface area contributed by atoms with Gasteiger partial charge in [0.05, 0.1) is 11.3 Å². The maximum Gasteiger partial charge on any atom is 0.335 e. The molecule has 2 aromatic carbocycles. The second kappa shape index (κ2) is 5.30. The van der Waals surface area contributed by atoms with E-state index in [1.54, 1.807) is 6.07 Å². The van der Waals surface area contributed by atoms with Crippen LogP contribution in [0, 0.1) is 0 Å². The van der Waals surface area contributed by atoms with E-state index in [4.69, 9.17) is 10.8 Å². The molecule has 0 atom stereocenters. The molecule has 0 fully saturated rings. The molecule has 2 aromatic rings. The fraction of sp³-hybridized carbons (Fsp3) is 0.0714. The van der Waals surface area contributed by atoms with Gasteiger partial charge in [0, 0.05) is 12.2 Å². The molecule has 0 saturated carbocycles. The molecule has 0 saturated heterocycles. The summed E-state index contributed by atoms with van der Waals surface area (Å²) in [6.45, 7) is 0.491. The van der Waals surface area contributed by atoms with Gasteiger partial charge in [-0.25, -0.2) is 4.79 Å². The molecule has 0 aliphatic heterocycles. The van der Waals surface area contributed by atoms with Crippen molar-refractivity contribution < 1.29 is 15.0 Å². The number of carboxylic acids is 1. The van der Waals surface area contributed by atoms with Crippen molar-refractivity contribution >= 4 is 17.3 Å². The number of carbonyl (C=O) groups is 1. The van der Waals surface area contributed by atoms with E-state index < -0.39 is 5.97 Å². The Hall–Kier alpha value is -2.69. The van der Waals surface area contributed by atoms with E-state index >= 15 is 0 Å². The number of hydrogen-bond donors (Lipinski definition) is 4. The summed E-state index contributed by atoms with van der Waals surface area (Å²) in [6.07, 6.45) is 0. The van der Waals surface area contributed by atoms with Gasteiger partial charge >= 0.3 is 5.97 Å². The first-order valence-electron chi connectivity index (χ1n) is 5.71. The molecule has 2 rings (SSSR count). The zero-order valence-electron chi connectivity index (χ0n) is 10.1. The van der Waals surface area contributed by atoms with Crippen LogP contribution < -0.4 is 11.1 Å². The van der Waals surface area contributed by atoms with Gasteiger partial charge in [-0.1, -0.05) is 12.1 Å². The fourth-order valence-corrected chi connectivity index (χ4v) is 1.71. The molecule has 5 nitrogen and oxygen atoms in total. The van der Waals surface area contributed by atoms with Crippen LogP contribution in [0.4, 0.5) is 11.4 Å². The van der Waals surface area contributed by atoms with Crippen molar-refractivity contribution in [3.05, 3.63) is 53.6 Å². The van der Waals surface area contributed by atoms with Crippen LogP contribution in [0.3, 0.4) is 0 Å². The number of aromatic hydroxyl groups is 1. The number of carboxylic acid groups (broad SMARTS) is 1. The van der Waals surface area contributed by atoms with E-state index in [0.717, 1.165) is 5.56 Å². The van der Waals surface area contributed by atoms with E-state index in [2.05, 4.69) is 5.32 Å². The van der Waals surface area contributed by atoms with E-state index in [9.17, 15) is 9.90 Å². The van der Waals surface area contributed by atoms with Gasteiger partial charge in [-0.05, 0) is 35.9 Å². The highest BCUT2D eigenvalue weighted by molar-refractivity contribution is 5.89. The largest absolute Gasteiger partial charge is 0.506 e. The van der Waals surface area contributed by atoms with Crippen LogP contribution in [-0.2, 0) is 6.54 Å². The Balaban J connectivity index is 2.10. The third-order valence-electron chi connectivity index (χ3n) is 2.68. The van der Waals surface area contributed by atoms with E-state index in [-0.39, 0.29) is 11.3 Å². The molecule has 98 valence electrons. The van der Waals surface area contributed by atoms with Crippen molar-refractivity contribution in [2.24, 2.45) is 0 Å². The standard InChI is InChI=1S/C14H14N2O3/c15-11-3-1-2-9(6-11)8-16-12-5-4-10(14(18)19)7-13(12)17/h1-7,16-17H,8,15H2,(H,18,19). The molecule has 0 spiro atoms. The van der Waals surface area contributed by atoms with Crippen LogP contribution in [0.1, 0.15) is 15.9 Å². The SMILES string of the molecule is Nc1cccc(CNc2ccc(C(=O)O)cc2O)c1. The van der Waals surface area contributed by atoms with Crippen molar-refractivity contribution in [2.75, 3.05) is 11.1 Å². The summed E-state index contributed by atoms with van der Waals surface area (Å²) in [5.74, 6) is -1.17. The average molecular weight is 258 g/mol. The minimum absolute atomic E-state index is 0.0482. The Labute approximate surface area is 110 Å². The number of rotatable bonds is 4. The fourth-order valence-electron chi connectivity index (χ4n) is 1.71. The Morgan fingerprint density at radius 3 is 2.63 bits per heavy atom. The minimum atomic E-state index is -1.07. The monoisotopic (exact) mass is 258 g/mol. The number of phenolic OH excluding ortho intramolecular Hbond substituents is 1. The second-order valence-electron chi connectivity index (χ2n) is 4.14. The van der Waals surface area contributed by atoms with E-state index in [1.807, 2.05) is 18.2 Å². The first-order valence-corrected chi connectivity index (χ1v) is 5.71. The normalized spacial score (nSPS) is 10.1. The molecule has 0 aromatic heterocycles. The molecule has 0 radical (unpaired) electrons. The minimum Gasteiger partial charge on any atom is -0.506 e. The zero-order chi connectivity index (χ0) is 13.8. The number of phenols is 1. The lowest BCUT2D eigenvalue weighted by atomic mass is 10.1. The number of anilines is 2. The summed E-state index contributed by atoms with van der Waals surface area (Å²) in [4.78, 5) is 10.7. The average Bonchev–Trinajstić information content (AvgIpc) is 2.37. The van der Waals surface area contributed by atoms with Gasteiger partial charge in [-0.2, -0.15) is 0 Å². The molecule has 0 amide bonds. The molecular formula is C14H14N2O3. The predicted molar refractivity (Wildman–Crippen MR) is 73.2 cm³/mol. The third-order valence-corrected chi connectivity index (χ3v) is 2.68. The molecule has 0 bridgehead atoms. The Kier molecular flexibility index (Phi) is 3.56. The summed E-state index contributed by atoms with van der Waals surface area (Å²) in [7, 11) is 0. The number of aromatic carboxylic acids is 1. The van der Waals surface area contributed by atoms with Gasteiger partial charge in [-0.15, -0.1) is 0 Å². The van der Waals surface area contributed by atoms with Gasteiger partial charge in [-0.3, -0.25) is 0 Å². The number of nitrogens with one attached hydrogen (secondary N) is 1. The van der Waals surface area contributed by atoms with Crippen LogP contribution in [0.25, 0.3) is 0 Å². The molecule has 19 heavy (non-hydrogen) atoms. The van der Waals surface area contributed by atoms with Crippen molar-refractivity contribution in [2.45, 2.75) is 6.54 Å². The van der Waals surface area contributed by atoms with Crippen molar-refractivity contribution in [3.63, 3.8) is 0 Å². The van der Waals surface area contributed by atoms with Crippen molar-refractivity contribution in [3.8, 4) is 5.75 Å². The van der Waals surface area contributed by atoms with Crippen LogP contribution in [0.15, 0.2) is 42.5 Å². The first kappa shape index (κ1) is 12.8. The summed E-state index contributed by atoms with van der Waals surface area (Å²) in [5.41, 5.74) is 7.84. The zero-order valence-corrected chi connectivity index (χ0v) is 10.1. The summed E-state index contributed by atoms with van der Waals surface area (Å²) in [6, 6.07) is 11.6. The second-order valence-corrected chi connectivity index (χ2v) is 4.14. The van der Waals surface area contributed by atoms with Crippen molar-refractivity contribution in [1.29, 1.82) is 0 Å². The smallest absolute Gasteiger partial charge is 0.335 e. The molecular weight excluding hydrogens is 244 g/mol. The van der Waals surface area contributed by atoms with E-state index in [1.165, 1.54) is 18.2 Å². The number of nitrogen functional groups attached to an aromatic ring is 1. The van der Waals surface area contributed by atoms with Crippen molar-refractivity contribution in [1.82, 2.24) is 0 Å². The predicted octanol–water partition coefficient (Wildman–Crippen LogP) is 2.28.